The van der Waals surface area contributed by atoms with Gasteiger partial charge >= 0.3 is 18.1 Å². The maximum absolute atomic E-state index is 15.2. The average molecular weight is 578 g/mol. The van der Waals surface area contributed by atoms with Gasteiger partial charge in [0.2, 0.25) is 0 Å². The number of nitrogens with zero attached hydrogens (tertiary/aromatic N) is 2. The molecule has 2 aromatic rings. The highest BCUT2D eigenvalue weighted by atomic mass is 35.5. The van der Waals surface area contributed by atoms with Gasteiger partial charge in [-0.05, 0) is 52.2 Å². The topological polar surface area (TPSA) is 93.5 Å². The van der Waals surface area contributed by atoms with E-state index in [0.29, 0.717) is 25.1 Å². The lowest BCUT2D eigenvalue weighted by molar-refractivity contribution is -0.152. The number of carboxylic acids is 1. The summed E-state index contributed by atoms with van der Waals surface area (Å²) in [7, 11) is 0.938. The number of benzene rings is 1. The number of carbonyl (C=O) groups is 2. The fourth-order valence-electron chi connectivity index (χ4n) is 5.34. The van der Waals surface area contributed by atoms with Crippen molar-refractivity contribution >= 4 is 23.5 Å². The van der Waals surface area contributed by atoms with Crippen molar-refractivity contribution in [1.29, 1.82) is 0 Å². The minimum atomic E-state index is -5.21. The van der Waals surface area contributed by atoms with Crippen LogP contribution < -0.4 is 5.32 Å². The highest BCUT2D eigenvalue weighted by Gasteiger charge is 2.55. The van der Waals surface area contributed by atoms with Crippen LogP contribution in [0.5, 0.6) is 0 Å². The molecule has 7 nitrogen and oxygen atoms in total. The van der Waals surface area contributed by atoms with Gasteiger partial charge in [0.05, 0.1) is 40.4 Å². The van der Waals surface area contributed by atoms with Gasteiger partial charge in [-0.25, -0.2) is 18.6 Å². The number of hydrogen-bond acceptors (Lipinski definition) is 5. The predicted octanol–water partition coefficient (Wildman–Crippen LogP) is 5.64. The number of alkyl halides is 4. The summed E-state index contributed by atoms with van der Waals surface area (Å²) in [6.45, 7) is 4.82. The van der Waals surface area contributed by atoms with Crippen LogP contribution in [0.25, 0.3) is 0 Å². The average Bonchev–Trinajstić information content (AvgIpc) is 3.11. The highest BCUT2D eigenvalue weighted by Crippen LogP contribution is 2.50. The van der Waals surface area contributed by atoms with Gasteiger partial charge < -0.3 is 19.7 Å². The fraction of sp³-hybridized carbons (Fsp3) is 0.500. The molecular formula is C26H29ClF5N3O4. The molecule has 0 aliphatic carbocycles. The van der Waals surface area contributed by atoms with Crippen molar-refractivity contribution < 1.29 is 41.4 Å². The van der Waals surface area contributed by atoms with E-state index in [9.17, 15) is 32.3 Å². The van der Waals surface area contributed by atoms with E-state index in [1.165, 1.54) is 0 Å². The minimum Gasteiger partial charge on any atom is -0.478 e. The zero-order valence-electron chi connectivity index (χ0n) is 21.8. The Morgan fingerprint density at radius 1 is 1.23 bits per heavy atom. The lowest BCUT2D eigenvalue weighted by atomic mass is 9.65. The summed E-state index contributed by atoms with van der Waals surface area (Å²) in [5.74, 6) is -7.49. The minimum absolute atomic E-state index is 0.0987. The molecule has 1 aromatic heterocycles. The molecule has 0 saturated heterocycles. The van der Waals surface area contributed by atoms with Crippen LogP contribution in [-0.4, -0.2) is 45.9 Å². The Hall–Kier alpha value is -3.15. The third-order valence-corrected chi connectivity index (χ3v) is 7.67. The van der Waals surface area contributed by atoms with Crippen LogP contribution in [-0.2, 0) is 27.0 Å². The molecule has 39 heavy (non-hydrogen) atoms. The Labute approximate surface area is 227 Å². The van der Waals surface area contributed by atoms with Crippen LogP contribution in [0.1, 0.15) is 53.5 Å². The molecule has 0 saturated carbocycles. The first kappa shape index (κ1) is 30.4. The van der Waals surface area contributed by atoms with Crippen molar-refractivity contribution in [2.45, 2.75) is 64.2 Å². The number of carboxylic acid groups (broad SMARTS) is 1. The van der Waals surface area contributed by atoms with E-state index in [0.717, 1.165) is 30.5 Å². The second kappa shape index (κ2) is 11.5. The van der Waals surface area contributed by atoms with Gasteiger partial charge in [0.1, 0.15) is 18.3 Å². The van der Waals surface area contributed by atoms with Crippen LogP contribution in [0.15, 0.2) is 23.9 Å². The zero-order chi connectivity index (χ0) is 29.3. The Morgan fingerprint density at radius 3 is 2.41 bits per heavy atom. The number of carbonyl (C=O) groups excluding carboxylic acids is 1. The third kappa shape index (κ3) is 5.75. The lowest BCUT2D eigenvalue weighted by Gasteiger charge is -2.45. The number of aryl methyl sites for hydroxylation is 2. The maximum Gasteiger partial charge on any atom is 0.418 e. The normalized spacial score (nSPS) is 21.3. The molecule has 2 N–H and O–H groups in total. The second-order valence-corrected chi connectivity index (χ2v) is 9.98. The van der Waals surface area contributed by atoms with E-state index in [1.807, 2.05) is 25.3 Å². The molecule has 0 spiro atoms. The summed E-state index contributed by atoms with van der Waals surface area (Å²) in [6, 6.07) is 1.34. The first-order chi connectivity index (χ1) is 18.2. The Morgan fingerprint density at radius 2 is 1.90 bits per heavy atom. The first-order valence-electron chi connectivity index (χ1n) is 12.1. The fourth-order valence-corrected chi connectivity index (χ4v) is 5.61. The Balaban J connectivity index is 2.10. The molecule has 2 heterocycles. The number of rotatable bonds is 9. The summed E-state index contributed by atoms with van der Waals surface area (Å²) in [5, 5.41) is 11.6. The van der Waals surface area contributed by atoms with Gasteiger partial charge in [-0.15, -0.1) is 0 Å². The highest BCUT2D eigenvalue weighted by molar-refractivity contribution is 6.31. The summed E-state index contributed by atoms with van der Waals surface area (Å²) >= 11 is 5.82. The number of unbranched alkanes of at least 4 members (excludes halogenated alkanes) is 1. The summed E-state index contributed by atoms with van der Waals surface area (Å²) in [5.41, 5.74) is -3.64. The quantitative estimate of drug-likeness (QED) is 0.228. The molecule has 214 valence electrons. The number of hydrogen-bond donors (Lipinski definition) is 2. The number of imidazole rings is 1. The monoisotopic (exact) mass is 577 g/mol. The van der Waals surface area contributed by atoms with Gasteiger partial charge in [0.15, 0.2) is 0 Å². The molecule has 3 rings (SSSR count). The van der Waals surface area contributed by atoms with Gasteiger partial charge in [-0.2, -0.15) is 13.2 Å². The SMILES string of the molecule is COC(=O)C1C(c2c(F)ccc(Cl)c2C(F)(F)F)C(C(=O)O)=CNC1(CF)CCCCn1c(C)nc(C)c1C. The van der Waals surface area contributed by atoms with Crippen LogP contribution in [0, 0.1) is 32.5 Å². The Bertz CT molecular complexity index is 1290. The molecule has 13 heteroatoms. The number of ether oxygens (including phenoxy) is 1. The van der Waals surface area contributed by atoms with Crippen molar-refractivity contribution in [2.24, 2.45) is 5.92 Å². The van der Waals surface area contributed by atoms with E-state index in [-0.39, 0.29) is 12.8 Å². The third-order valence-electron chi connectivity index (χ3n) is 7.36. The predicted molar refractivity (Wildman–Crippen MR) is 133 cm³/mol. The van der Waals surface area contributed by atoms with Crippen molar-refractivity contribution in [1.82, 2.24) is 14.9 Å². The van der Waals surface area contributed by atoms with Crippen molar-refractivity contribution in [3.8, 4) is 0 Å². The van der Waals surface area contributed by atoms with Gasteiger partial charge in [-0.1, -0.05) is 11.6 Å². The maximum atomic E-state index is 15.2. The smallest absolute Gasteiger partial charge is 0.418 e. The van der Waals surface area contributed by atoms with Crippen LogP contribution in [0.4, 0.5) is 22.0 Å². The van der Waals surface area contributed by atoms with E-state index in [1.54, 1.807) is 0 Å². The first-order valence-corrected chi connectivity index (χ1v) is 12.5. The summed E-state index contributed by atoms with van der Waals surface area (Å²) in [4.78, 5) is 29.6. The number of halogens is 6. The number of esters is 1. The second-order valence-electron chi connectivity index (χ2n) is 9.57. The van der Waals surface area contributed by atoms with E-state index >= 15 is 4.39 Å². The number of methoxy groups -OCH3 is 1. The standard InChI is InChI=1S/C26H29ClF5N3O4/c1-13-14(2)35(15(3)34-13)10-6-5-9-25(12-28)22(24(38)39-4)19(16(11-33-25)23(36)37)20-18(29)8-7-17(27)21(20)26(30,31)32/h7-8,11,19,22,33H,5-6,9-10,12H2,1-4H3,(H,36,37). The zero-order valence-corrected chi connectivity index (χ0v) is 22.5. The number of aromatic nitrogens is 2. The van der Waals surface area contributed by atoms with Crippen LogP contribution >= 0.6 is 11.6 Å². The molecule has 0 radical (unpaired) electrons. The van der Waals surface area contributed by atoms with Crippen molar-refractivity contribution in [3.63, 3.8) is 0 Å². The molecule has 1 aliphatic rings. The van der Waals surface area contributed by atoms with Crippen molar-refractivity contribution in [2.75, 3.05) is 13.8 Å². The number of aliphatic carboxylic acids is 1. The summed E-state index contributed by atoms with van der Waals surface area (Å²) in [6.07, 6.45) is -3.71. The number of nitrogens with one attached hydrogen (secondary N) is 1. The molecule has 0 bridgehead atoms. The van der Waals surface area contributed by atoms with E-state index < -0.39 is 69.7 Å². The summed E-state index contributed by atoms with van der Waals surface area (Å²) < 4.78 is 79.2. The van der Waals surface area contributed by atoms with Crippen molar-refractivity contribution in [3.05, 3.63) is 63.1 Å². The molecule has 1 aliphatic heterocycles. The van der Waals surface area contributed by atoms with E-state index in [2.05, 4.69) is 10.3 Å². The molecule has 3 atom stereocenters. The molecule has 1 aromatic carbocycles. The Kier molecular flexibility index (Phi) is 8.99. The molecule has 0 fully saturated rings. The van der Waals surface area contributed by atoms with Gasteiger partial charge in [-0.3, -0.25) is 4.79 Å². The van der Waals surface area contributed by atoms with Gasteiger partial charge in [0, 0.05) is 29.9 Å². The molecular weight excluding hydrogens is 549 g/mol. The van der Waals surface area contributed by atoms with Crippen LogP contribution in [0.3, 0.4) is 0 Å². The van der Waals surface area contributed by atoms with Crippen LogP contribution in [0.2, 0.25) is 5.02 Å². The van der Waals surface area contributed by atoms with E-state index in [4.69, 9.17) is 16.3 Å². The lowest BCUT2D eigenvalue weighted by Crippen LogP contribution is -2.59. The molecule has 0 amide bonds. The van der Waals surface area contributed by atoms with Gasteiger partial charge in [0.25, 0.3) is 0 Å². The largest absolute Gasteiger partial charge is 0.478 e. The molecule has 3 unspecified atom stereocenters.